The zero-order valence-electron chi connectivity index (χ0n) is 8.85. The molecule has 16 heavy (non-hydrogen) atoms. The highest BCUT2D eigenvalue weighted by Gasteiger charge is 2.41. The number of ether oxygens (including phenoxy) is 1. The third kappa shape index (κ3) is 1.80. The SMILES string of the molecule is O=C(NC1CCOC1C1CC1)c1cn[nH]n1. The molecule has 0 bridgehead atoms. The van der Waals surface area contributed by atoms with Gasteiger partial charge in [-0.15, -0.1) is 0 Å². The lowest BCUT2D eigenvalue weighted by Gasteiger charge is -2.18. The van der Waals surface area contributed by atoms with E-state index in [0.29, 0.717) is 11.6 Å². The van der Waals surface area contributed by atoms with Crippen LogP contribution in [0.25, 0.3) is 0 Å². The Labute approximate surface area is 92.7 Å². The van der Waals surface area contributed by atoms with Crippen molar-refractivity contribution >= 4 is 5.91 Å². The number of carbonyl (C=O) groups is 1. The van der Waals surface area contributed by atoms with Gasteiger partial charge in [-0.1, -0.05) is 0 Å². The van der Waals surface area contributed by atoms with Crippen LogP contribution in [-0.4, -0.2) is 40.1 Å². The van der Waals surface area contributed by atoms with Crippen molar-refractivity contribution in [1.29, 1.82) is 0 Å². The smallest absolute Gasteiger partial charge is 0.273 e. The van der Waals surface area contributed by atoms with Crippen molar-refractivity contribution in [2.45, 2.75) is 31.4 Å². The van der Waals surface area contributed by atoms with E-state index in [1.807, 2.05) is 0 Å². The Bertz CT molecular complexity index is 374. The summed E-state index contributed by atoms with van der Waals surface area (Å²) in [5.74, 6) is 0.472. The van der Waals surface area contributed by atoms with E-state index < -0.39 is 0 Å². The van der Waals surface area contributed by atoms with E-state index in [4.69, 9.17) is 4.74 Å². The highest BCUT2D eigenvalue weighted by atomic mass is 16.5. The summed E-state index contributed by atoms with van der Waals surface area (Å²) >= 11 is 0. The maximum Gasteiger partial charge on any atom is 0.273 e. The molecule has 1 aliphatic carbocycles. The summed E-state index contributed by atoms with van der Waals surface area (Å²) in [5, 5.41) is 12.8. The van der Waals surface area contributed by atoms with Gasteiger partial charge in [0.2, 0.25) is 0 Å². The van der Waals surface area contributed by atoms with E-state index in [9.17, 15) is 4.79 Å². The minimum absolute atomic E-state index is 0.136. The van der Waals surface area contributed by atoms with Gasteiger partial charge in [0.05, 0.1) is 18.3 Å². The van der Waals surface area contributed by atoms with Gasteiger partial charge in [-0.2, -0.15) is 15.4 Å². The molecule has 2 fully saturated rings. The molecule has 1 aliphatic heterocycles. The first kappa shape index (κ1) is 9.77. The van der Waals surface area contributed by atoms with Crippen LogP contribution in [0.2, 0.25) is 0 Å². The molecule has 0 radical (unpaired) electrons. The molecule has 2 unspecified atom stereocenters. The molecule has 2 aliphatic rings. The molecule has 86 valence electrons. The molecule has 6 nitrogen and oxygen atoms in total. The molecule has 2 atom stereocenters. The maximum absolute atomic E-state index is 11.8. The molecule has 2 heterocycles. The molecule has 1 aromatic rings. The number of H-pyrrole nitrogens is 1. The minimum Gasteiger partial charge on any atom is -0.376 e. The second-order valence-electron chi connectivity index (χ2n) is 4.40. The number of rotatable bonds is 3. The average molecular weight is 222 g/mol. The average Bonchev–Trinajstić information content (AvgIpc) is 2.83. The van der Waals surface area contributed by atoms with Crippen molar-refractivity contribution in [3.63, 3.8) is 0 Å². The predicted octanol–water partition coefficient (Wildman–Crippen LogP) is 0.102. The number of aromatic amines is 1. The number of amides is 1. The molecule has 1 saturated heterocycles. The summed E-state index contributed by atoms with van der Waals surface area (Å²) in [7, 11) is 0. The number of hydrogen-bond acceptors (Lipinski definition) is 4. The fraction of sp³-hybridized carbons (Fsp3) is 0.700. The van der Waals surface area contributed by atoms with Crippen molar-refractivity contribution in [3.8, 4) is 0 Å². The van der Waals surface area contributed by atoms with Crippen LogP contribution >= 0.6 is 0 Å². The van der Waals surface area contributed by atoms with Crippen LogP contribution in [0.3, 0.4) is 0 Å². The second kappa shape index (κ2) is 3.86. The van der Waals surface area contributed by atoms with Gasteiger partial charge in [0.15, 0.2) is 5.69 Å². The van der Waals surface area contributed by atoms with Crippen LogP contribution in [0, 0.1) is 5.92 Å². The second-order valence-corrected chi connectivity index (χ2v) is 4.40. The zero-order valence-corrected chi connectivity index (χ0v) is 8.85. The highest BCUT2D eigenvalue weighted by molar-refractivity contribution is 5.92. The number of hydrogen-bond donors (Lipinski definition) is 2. The van der Waals surface area contributed by atoms with Crippen molar-refractivity contribution in [1.82, 2.24) is 20.7 Å². The van der Waals surface area contributed by atoms with Crippen molar-refractivity contribution < 1.29 is 9.53 Å². The first-order chi connectivity index (χ1) is 7.84. The Morgan fingerprint density at radius 2 is 2.38 bits per heavy atom. The first-order valence-corrected chi connectivity index (χ1v) is 5.63. The quantitative estimate of drug-likeness (QED) is 0.760. The van der Waals surface area contributed by atoms with Crippen LogP contribution in [0.15, 0.2) is 6.20 Å². The van der Waals surface area contributed by atoms with Gasteiger partial charge in [0, 0.05) is 6.61 Å². The van der Waals surface area contributed by atoms with Gasteiger partial charge >= 0.3 is 0 Å². The van der Waals surface area contributed by atoms with Crippen LogP contribution in [-0.2, 0) is 4.74 Å². The standard InChI is InChI=1S/C10H14N4O2/c15-10(8-5-11-14-13-8)12-7-3-4-16-9(7)6-1-2-6/h5-7,9H,1-4H2,(H,12,15)(H,11,13,14). The lowest BCUT2D eigenvalue weighted by atomic mass is 10.1. The van der Waals surface area contributed by atoms with E-state index in [-0.39, 0.29) is 18.1 Å². The zero-order chi connectivity index (χ0) is 11.0. The lowest BCUT2D eigenvalue weighted by Crippen LogP contribution is -2.41. The Balaban J connectivity index is 1.63. The number of nitrogens with zero attached hydrogens (tertiary/aromatic N) is 2. The summed E-state index contributed by atoms with van der Waals surface area (Å²) in [6, 6.07) is 0.136. The molecule has 6 heteroatoms. The van der Waals surface area contributed by atoms with Gasteiger partial charge < -0.3 is 10.1 Å². The predicted molar refractivity (Wildman–Crippen MR) is 54.7 cm³/mol. The topological polar surface area (TPSA) is 79.9 Å². The number of nitrogens with one attached hydrogen (secondary N) is 2. The Hall–Kier alpha value is -1.43. The summed E-state index contributed by atoms with van der Waals surface area (Å²) in [4.78, 5) is 11.8. The van der Waals surface area contributed by atoms with Crippen LogP contribution in [0.4, 0.5) is 0 Å². The van der Waals surface area contributed by atoms with Crippen molar-refractivity contribution in [2.75, 3.05) is 6.61 Å². The van der Waals surface area contributed by atoms with Gasteiger partial charge in [0.25, 0.3) is 5.91 Å². The Morgan fingerprint density at radius 3 is 3.06 bits per heavy atom. The van der Waals surface area contributed by atoms with Gasteiger partial charge in [-0.05, 0) is 25.2 Å². The van der Waals surface area contributed by atoms with Gasteiger partial charge in [0.1, 0.15) is 0 Å². The van der Waals surface area contributed by atoms with E-state index in [1.54, 1.807) is 0 Å². The summed E-state index contributed by atoms with van der Waals surface area (Å²) in [5.41, 5.74) is 0.335. The first-order valence-electron chi connectivity index (χ1n) is 5.63. The Kier molecular flexibility index (Phi) is 2.36. The maximum atomic E-state index is 11.8. The van der Waals surface area contributed by atoms with Crippen molar-refractivity contribution in [3.05, 3.63) is 11.9 Å². The van der Waals surface area contributed by atoms with E-state index in [1.165, 1.54) is 19.0 Å². The fourth-order valence-corrected chi connectivity index (χ4v) is 2.21. The monoisotopic (exact) mass is 222 g/mol. The lowest BCUT2D eigenvalue weighted by molar-refractivity contribution is 0.0727. The van der Waals surface area contributed by atoms with E-state index in [2.05, 4.69) is 20.7 Å². The molecule has 2 N–H and O–H groups in total. The molecule has 1 amide bonds. The van der Waals surface area contributed by atoms with Crippen molar-refractivity contribution in [2.24, 2.45) is 5.92 Å². The largest absolute Gasteiger partial charge is 0.376 e. The van der Waals surface area contributed by atoms with E-state index >= 15 is 0 Å². The summed E-state index contributed by atoms with van der Waals surface area (Å²) in [6.45, 7) is 0.741. The van der Waals surface area contributed by atoms with Gasteiger partial charge in [-0.3, -0.25) is 4.79 Å². The third-order valence-electron chi connectivity index (χ3n) is 3.19. The van der Waals surface area contributed by atoms with E-state index in [0.717, 1.165) is 13.0 Å². The molecule has 0 spiro atoms. The highest BCUT2D eigenvalue weighted by Crippen LogP contribution is 2.38. The number of aromatic nitrogens is 3. The summed E-state index contributed by atoms with van der Waals surface area (Å²) < 4.78 is 5.65. The molecule has 1 aromatic heterocycles. The van der Waals surface area contributed by atoms with Crippen LogP contribution in [0.5, 0.6) is 0 Å². The fourth-order valence-electron chi connectivity index (χ4n) is 2.21. The summed E-state index contributed by atoms with van der Waals surface area (Å²) in [6.07, 6.45) is 4.97. The molecular formula is C10H14N4O2. The van der Waals surface area contributed by atoms with Crippen LogP contribution < -0.4 is 5.32 Å². The Morgan fingerprint density at radius 1 is 1.50 bits per heavy atom. The number of carbonyl (C=O) groups excluding carboxylic acids is 1. The normalized spacial score (nSPS) is 29.2. The molecule has 0 aromatic carbocycles. The molecule has 1 saturated carbocycles. The van der Waals surface area contributed by atoms with Gasteiger partial charge in [-0.25, -0.2) is 0 Å². The minimum atomic E-state index is -0.171. The van der Waals surface area contributed by atoms with Crippen LogP contribution in [0.1, 0.15) is 29.8 Å². The molecule has 3 rings (SSSR count). The molecular weight excluding hydrogens is 208 g/mol. The third-order valence-corrected chi connectivity index (χ3v) is 3.19.